The number of amides is 1. The molecule has 0 saturated carbocycles. The van der Waals surface area contributed by atoms with Crippen LogP contribution in [0, 0.1) is 0 Å². The van der Waals surface area contributed by atoms with Crippen molar-refractivity contribution in [3.63, 3.8) is 0 Å². The SMILES string of the molecule is COc1ccccc1OCC(=O)N1CCc2[nH]ccc2C1. The lowest BCUT2D eigenvalue weighted by molar-refractivity contribution is -0.134. The number of ether oxygens (including phenoxy) is 2. The van der Waals surface area contributed by atoms with E-state index in [-0.39, 0.29) is 12.5 Å². The van der Waals surface area contributed by atoms with Crippen LogP contribution in [0.3, 0.4) is 0 Å². The maximum Gasteiger partial charge on any atom is 0.260 e. The number of nitrogens with one attached hydrogen (secondary N) is 1. The van der Waals surface area contributed by atoms with Gasteiger partial charge in [0.25, 0.3) is 5.91 Å². The Morgan fingerprint density at radius 2 is 2.10 bits per heavy atom. The van der Waals surface area contributed by atoms with Gasteiger partial charge >= 0.3 is 0 Å². The second-order valence-corrected chi connectivity index (χ2v) is 4.99. The largest absolute Gasteiger partial charge is 0.493 e. The fraction of sp³-hybridized carbons (Fsp3) is 0.312. The van der Waals surface area contributed by atoms with Crippen LogP contribution in [-0.4, -0.2) is 36.1 Å². The highest BCUT2D eigenvalue weighted by Gasteiger charge is 2.21. The number of H-pyrrole nitrogens is 1. The van der Waals surface area contributed by atoms with E-state index in [1.165, 1.54) is 11.3 Å². The second-order valence-electron chi connectivity index (χ2n) is 4.99. The van der Waals surface area contributed by atoms with Crippen molar-refractivity contribution in [2.45, 2.75) is 13.0 Å². The summed E-state index contributed by atoms with van der Waals surface area (Å²) in [5, 5.41) is 0. The zero-order chi connectivity index (χ0) is 14.7. The van der Waals surface area contributed by atoms with E-state index < -0.39 is 0 Å². The fourth-order valence-electron chi connectivity index (χ4n) is 2.53. The smallest absolute Gasteiger partial charge is 0.260 e. The maximum absolute atomic E-state index is 12.3. The summed E-state index contributed by atoms with van der Waals surface area (Å²) in [7, 11) is 1.59. The first-order chi connectivity index (χ1) is 10.3. The molecular formula is C16H18N2O3. The summed E-state index contributed by atoms with van der Waals surface area (Å²) in [6.07, 6.45) is 2.78. The van der Waals surface area contributed by atoms with Gasteiger partial charge < -0.3 is 19.4 Å². The second kappa shape index (κ2) is 5.91. The molecule has 0 spiro atoms. The van der Waals surface area contributed by atoms with Crippen LogP contribution in [0.25, 0.3) is 0 Å². The van der Waals surface area contributed by atoms with Crippen LogP contribution in [0.1, 0.15) is 11.3 Å². The van der Waals surface area contributed by atoms with Crippen LogP contribution in [0.2, 0.25) is 0 Å². The van der Waals surface area contributed by atoms with Gasteiger partial charge in [-0.2, -0.15) is 0 Å². The van der Waals surface area contributed by atoms with E-state index in [2.05, 4.69) is 4.98 Å². The molecular weight excluding hydrogens is 268 g/mol. The third kappa shape index (κ3) is 2.86. The Balaban J connectivity index is 1.60. The summed E-state index contributed by atoms with van der Waals surface area (Å²) < 4.78 is 10.8. The Hall–Kier alpha value is -2.43. The normalized spacial score (nSPS) is 13.7. The molecule has 1 amide bonds. The molecule has 1 aromatic heterocycles. The molecule has 1 aliphatic rings. The summed E-state index contributed by atoms with van der Waals surface area (Å²) >= 11 is 0. The molecule has 110 valence electrons. The topological polar surface area (TPSA) is 54.6 Å². The first kappa shape index (κ1) is 13.5. The van der Waals surface area contributed by atoms with Crippen LogP contribution < -0.4 is 9.47 Å². The Morgan fingerprint density at radius 1 is 1.29 bits per heavy atom. The third-order valence-corrected chi connectivity index (χ3v) is 3.70. The van der Waals surface area contributed by atoms with E-state index >= 15 is 0 Å². The number of aromatic nitrogens is 1. The molecule has 2 aromatic rings. The van der Waals surface area contributed by atoms with Crippen molar-refractivity contribution in [3.8, 4) is 11.5 Å². The zero-order valence-corrected chi connectivity index (χ0v) is 12.0. The lowest BCUT2D eigenvalue weighted by Gasteiger charge is -2.27. The number of hydrogen-bond donors (Lipinski definition) is 1. The molecule has 0 aliphatic carbocycles. The summed E-state index contributed by atoms with van der Waals surface area (Å²) in [6.45, 7) is 1.40. The van der Waals surface area contributed by atoms with Gasteiger partial charge in [-0.15, -0.1) is 0 Å². The lowest BCUT2D eigenvalue weighted by Crippen LogP contribution is -2.38. The molecule has 1 aromatic carbocycles. The number of fused-ring (bicyclic) bond motifs is 1. The number of carbonyl (C=O) groups is 1. The average molecular weight is 286 g/mol. The van der Waals surface area contributed by atoms with E-state index in [9.17, 15) is 4.79 Å². The molecule has 5 heteroatoms. The Bertz CT molecular complexity index is 636. The van der Waals surface area contributed by atoms with Gasteiger partial charge in [0.15, 0.2) is 18.1 Å². The number of para-hydroxylation sites is 2. The minimum atomic E-state index is -0.00671. The number of hydrogen-bond acceptors (Lipinski definition) is 3. The highest BCUT2D eigenvalue weighted by Crippen LogP contribution is 2.26. The third-order valence-electron chi connectivity index (χ3n) is 3.70. The standard InChI is InChI=1S/C16H18N2O3/c1-20-14-4-2-3-5-15(14)21-11-16(19)18-9-7-13-12(10-18)6-8-17-13/h2-6,8,17H,7,9-11H2,1H3. The summed E-state index contributed by atoms with van der Waals surface area (Å²) in [6, 6.07) is 9.36. The van der Waals surface area contributed by atoms with E-state index in [0.29, 0.717) is 18.0 Å². The summed E-state index contributed by atoms with van der Waals surface area (Å²) in [4.78, 5) is 17.3. The van der Waals surface area contributed by atoms with Crippen molar-refractivity contribution in [2.24, 2.45) is 0 Å². The number of benzene rings is 1. The molecule has 21 heavy (non-hydrogen) atoms. The average Bonchev–Trinajstić information content (AvgIpc) is 3.00. The molecule has 0 radical (unpaired) electrons. The molecule has 0 bridgehead atoms. The Kier molecular flexibility index (Phi) is 3.81. The predicted octanol–water partition coefficient (Wildman–Crippen LogP) is 1.99. The molecule has 0 unspecified atom stereocenters. The number of rotatable bonds is 4. The van der Waals surface area contributed by atoms with Gasteiger partial charge in [-0.1, -0.05) is 12.1 Å². The predicted molar refractivity (Wildman–Crippen MR) is 78.4 cm³/mol. The van der Waals surface area contributed by atoms with Crippen LogP contribution in [0.4, 0.5) is 0 Å². The molecule has 1 aliphatic heterocycles. The van der Waals surface area contributed by atoms with E-state index in [1.807, 2.05) is 35.4 Å². The van der Waals surface area contributed by atoms with Gasteiger partial charge in [0, 0.05) is 31.4 Å². The van der Waals surface area contributed by atoms with Crippen LogP contribution in [0.15, 0.2) is 36.5 Å². The fourth-order valence-corrected chi connectivity index (χ4v) is 2.53. The summed E-state index contributed by atoms with van der Waals surface area (Å²) in [5.74, 6) is 1.22. The van der Waals surface area contributed by atoms with Crippen molar-refractivity contribution in [3.05, 3.63) is 47.8 Å². The molecule has 2 heterocycles. The maximum atomic E-state index is 12.3. The minimum Gasteiger partial charge on any atom is -0.493 e. The van der Waals surface area contributed by atoms with Crippen LogP contribution in [0.5, 0.6) is 11.5 Å². The zero-order valence-electron chi connectivity index (χ0n) is 12.0. The van der Waals surface area contributed by atoms with Crippen molar-refractivity contribution >= 4 is 5.91 Å². The number of nitrogens with zero attached hydrogens (tertiary/aromatic N) is 1. The molecule has 0 saturated heterocycles. The van der Waals surface area contributed by atoms with Crippen LogP contribution in [-0.2, 0) is 17.8 Å². The number of aromatic amines is 1. The Labute approximate surface area is 123 Å². The number of carbonyl (C=O) groups excluding carboxylic acids is 1. The van der Waals surface area contributed by atoms with Gasteiger partial charge in [-0.25, -0.2) is 0 Å². The highest BCUT2D eigenvalue weighted by molar-refractivity contribution is 5.78. The lowest BCUT2D eigenvalue weighted by atomic mass is 10.1. The van der Waals surface area contributed by atoms with Crippen LogP contribution >= 0.6 is 0 Å². The van der Waals surface area contributed by atoms with Crippen molar-refractivity contribution in [1.82, 2.24) is 9.88 Å². The summed E-state index contributed by atoms with van der Waals surface area (Å²) in [5.41, 5.74) is 2.41. The molecule has 1 N–H and O–H groups in total. The first-order valence-corrected chi connectivity index (χ1v) is 6.96. The minimum absolute atomic E-state index is 0.00671. The van der Waals surface area contributed by atoms with Gasteiger partial charge in [-0.05, 0) is 23.8 Å². The van der Waals surface area contributed by atoms with Gasteiger partial charge in [0.2, 0.25) is 0 Å². The monoisotopic (exact) mass is 286 g/mol. The van der Waals surface area contributed by atoms with Crippen molar-refractivity contribution in [2.75, 3.05) is 20.3 Å². The molecule has 0 fully saturated rings. The van der Waals surface area contributed by atoms with E-state index in [1.54, 1.807) is 13.2 Å². The van der Waals surface area contributed by atoms with Gasteiger partial charge in [-0.3, -0.25) is 4.79 Å². The van der Waals surface area contributed by atoms with Crippen molar-refractivity contribution < 1.29 is 14.3 Å². The highest BCUT2D eigenvalue weighted by atomic mass is 16.5. The van der Waals surface area contributed by atoms with Gasteiger partial charge in [0.05, 0.1) is 7.11 Å². The van der Waals surface area contributed by atoms with E-state index in [0.717, 1.165) is 13.0 Å². The van der Waals surface area contributed by atoms with Crippen molar-refractivity contribution in [1.29, 1.82) is 0 Å². The Morgan fingerprint density at radius 3 is 2.90 bits per heavy atom. The molecule has 0 atom stereocenters. The first-order valence-electron chi connectivity index (χ1n) is 6.96. The van der Waals surface area contributed by atoms with E-state index in [4.69, 9.17) is 9.47 Å². The van der Waals surface area contributed by atoms with Gasteiger partial charge in [0.1, 0.15) is 0 Å². The quantitative estimate of drug-likeness (QED) is 0.935. The number of methoxy groups -OCH3 is 1. The molecule has 5 nitrogen and oxygen atoms in total. The molecule has 3 rings (SSSR count).